The highest BCUT2D eigenvalue weighted by Crippen LogP contribution is 2.40. The van der Waals surface area contributed by atoms with Crippen LogP contribution in [-0.2, 0) is 0 Å². The molecule has 1 saturated heterocycles. The zero-order valence-corrected chi connectivity index (χ0v) is 9.48. The van der Waals surface area contributed by atoms with E-state index in [1.807, 2.05) is 4.98 Å². The lowest BCUT2D eigenvalue weighted by atomic mass is 10.2. The Morgan fingerprint density at radius 3 is 2.88 bits per heavy atom. The molecular formula is C9H11FN2O4S. The van der Waals surface area contributed by atoms with Crippen LogP contribution in [-0.4, -0.2) is 37.7 Å². The molecule has 1 unspecified atom stereocenters. The van der Waals surface area contributed by atoms with E-state index in [-0.39, 0.29) is 13.0 Å². The van der Waals surface area contributed by atoms with Gasteiger partial charge in [0.15, 0.2) is 0 Å². The molecule has 6 nitrogen and oxygen atoms in total. The Labute approximate surface area is 99.1 Å². The van der Waals surface area contributed by atoms with Gasteiger partial charge in [-0.25, -0.2) is 4.79 Å². The molecule has 1 aromatic heterocycles. The molecule has 0 bridgehead atoms. The van der Waals surface area contributed by atoms with E-state index >= 15 is 0 Å². The average Bonchev–Trinajstić information content (AvgIpc) is 2.65. The molecule has 3 N–H and O–H groups in total. The van der Waals surface area contributed by atoms with Crippen LogP contribution >= 0.6 is 11.8 Å². The SMILES string of the molecule is O=c1[nH]c(=O)n(C2C[C@H](O)[C@H](CO)S2)cc1F. The number of hydrogen-bond donors (Lipinski definition) is 3. The second-order valence-electron chi connectivity index (χ2n) is 3.76. The predicted molar refractivity (Wildman–Crippen MR) is 59.4 cm³/mol. The van der Waals surface area contributed by atoms with E-state index in [1.165, 1.54) is 11.8 Å². The fourth-order valence-corrected chi connectivity index (χ4v) is 3.10. The van der Waals surface area contributed by atoms with Gasteiger partial charge in [-0.05, 0) is 0 Å². The van der Waals surface area contributed by atoms with Gasteiger partial charge >= 0.3 is 5.69 Å². The first-order valence-electron chi connectivity index (χ1n) is 4.98. The molecule has 1 aromatic rings. The smallest absolute Gasteiger partial charge is 0.329 e. The topological polar surface area (TPSA) is 95.3 Å². The molecule has 8 heteroatoms. The molecule has 2 rings (SSSR count). The Morgan fingerprint density at radius 2 is 2.29 bits per heavy atom. The van der Waals surface area contributed by atoms with Gasteiger partial charge in [0.2, 0.25) is 5.82 Å². The van der Waals surface area contributed by atoms with E-state index in [1.54, 1.807) is 0 Å². The first-order valence-corrected chi connectivity index (χ1v) is 5.92. The van der Waals surface area contributed by atoms with E-state index in [2.05, 4.69) is 0 Å². The van der Waals surface area contributed by atoms with E-state index in [0.717, 1.165) is 10.8 Å². The van der Waals surface area contributed by atoms with Crippen LogP contribution in [0.15, 0.2) is 15.8 Å². The highest BCUT2D eigenvalue weighted by molar-refractivity contribution is 8.00. The Balaban J connectivity index is 2.34. The van der Waals surface area contributed by atoms with Crippen LogP contribution in [0.4, 0.5) is 4.39 Å². The maximum absolute atomic E-state index is 13.1. The third-order valence-corrected chi connectivity index (χ3v) is 4.17. The predicted octanol–water partition coefficient (Wildman–Crippen LogP) is -0.967. The summed E-state index contributed by atoms with van der Waals surface area (Å²) in [4.78, 5) is 24.2. The number of nitrogens with zero attached hydrogens (tertiary/aromatic N) is 1. The third-order valence-electron chi connectivity index (χ3n) is 2.62. The molecule has 1 fully saturated rings. The molecule has 0 amide bonds. The van der Waals surface area contributed by atoms with Crippen molar-refractivity contribution in [1.82, 2.24) is 9.55 Å². The number of H-pyrrole nitrogens is 1. The quantitative estimate of drug-likeness (QED) is 0.637. The zero-order valence-electron chi connectivity index (χ0n) is 8.67. The monoisotopic (exact) mass is 262 g/mol. The van der Waals surface area contributed by atoms with Crippen LogP contribution in [0, 0.1) is 5.82 Å². The number of aromatic nitrogens is 2. The minimum Gasteiger partial charge on any atom is -0.395 e. The van der Waals surface area contributed by atoms with Crippen LogP contribution in [0.5, 0.6) is 0 Å². The molecule has 17 heavy (non-hydrogen) atoms. The van der Waals surface area contributed by atoms with Crippen molar-refractivity contribution in [3.63, 3.8) is 0 Å². The van der Waals surface area contributed by atoms with Gasteiger partial charge < -0.3 is 10.2 Å². The first-order chi connectivity index (χ1) is 8.02. The van der Waals surface area contributed by atoms with Crippen molar-refractivity contribution in [3.05, 3.63) is 32.9 Å². The number of aliphatic hydroxyl groups excluding tert-OH is 2. The highest BCUT2D eigenvalue weighted by Gasteiger charge is 2.34. The molecular weight excluding hydrogens is 251 g/mol. The number of nitrogens with one attached hydrogen (secondary N) is 1. The lowest BCUT2D eigenvalue weighted by Crippen LogP contribution is -2.32. The van der Waals surface area contributed by atoms with Crippen molar-refractivity contribution < 1.29 is 14.6 Å². The normalized spacial score (nSPS) is 28.5. The van der Waals surface area contributed by atoms with Gasteiger partial charge in [0.1, 0.15) is 0 Å². The number of aromatic amines is 1. The number of aliphatic hydroxyl groups is 2. The van der Waals surface area contributed by atoms with Gasteiger partial charge in [-0.2, -0.15) is 4.39 Å². The largest absolute Gasteiger partial charge is 0.395 e. The Kier molecular flexibility index (Phi) is 3.36. The maximum Gasteiger partial charge on any atom is 0.329 e. The molecule has 0 saturated carbocycles. The summed E-state index contributed by atoms with van der Waals surface area (Å²) >= 11 is 1.17. The maximum atomic E-state index is 13.1. The average molecular weight is 262 g/mol. The highest BCUT2D eigenvalue weighted by atomic mass is 32.2. The van der Waals surface area contributed by atoms with Gasteiger partial charge in [0.25, 0.3) is 5.56 Å². The van der Waals surface area contributed by atoms with E-state index in [9.17, 15) is 19.1 Å². The number of hydrogen-bond acceptors (Lipinski definition) is 5. The van der Waals surface area contributed by atoms with Crippen molar-refractivity contribution in [2.24, 2.45) is 0 Å². The van der Waals surface area contributed by atoms with E-state index in [0.29, 0.717) is 0 Å². The summed E-state index contributed by atoms with van der Waals surface area (Å²) in [6, 6.07) is 0. The Bertz CT molecular complexity index is 528. The lowest BCUT2D eigenvalue weighted by molar-refractivity contribution is 0.137. The molecule has 0 aliphatic carbocycles. The van der Waals surface area contributed by atoms with Crippen molar-refractivity contribution in [3.8, 4) is 0 Å². The standard InChI is InChI=1S/C9H11FN2O4S/c10-4-2-12(9(16)11-8(4)15)7-1-5(14)6(3-13)17-7/h2,5-7,13-14H,1,3H2,(H,11,15,16)/t5-,6-,7?/m0/s1. The van der Waals surface area contributed by atoms with E-state index in [4.69, 9.17) is 5.11 Å². The molecule has 2 heterocycles. The summed E-state index contributed by atoms with van der Waals surface area (Å²) < 4.78 is 14.1. The van der Waals surface area contributed by atoms with Gasteiger partial charge in [-0.15, -0.1) is 11.8 Å². The second-order valence-corrected chi connectivity index (χ2v) is 5.18. The first kappa shape index (κ1) is 12.3. The van der Waals surface area contributed by atoms with E-state index < -0.39 is 33.8 Å². The molecule has 3 atom stereocenters. The van der Waals surface area contributed by atoms with Gasteiger partial charge in [0.05, 0.1) is 29.5 Å². The van der Waals surface area contributed by atoms with Crippen LogP contribution in [0.2, 0.25) is 0 Å². The van der Waals surface area contributed by atoms with Gasteiger partial charge in [0, 0.05) is 6.42 Å². The number of thioether (sulfide) groups is 1. The molecule has 1 aliphatic rings. The number of rotatable bonds is 2. The van der Waals surface area contributed by atoms with Crippen LogP contribution in [0.25, 0.3) is 0 Å². The summed E-state index contributed by atoms with van der Waals surface area (Å²) in [5.74, 6) is -1.05. The van der Waals surface area contributed by atoms with Gasteiger partial charge in [-0.3, -0.25) is 14.3 Å². The van der Waals surface area contributed by atoms with Crippen molar-refractivity contribution >= 4 is 11.8 Å². The minimum absolute atomic E-state index is 0.219. The summed E-state index contributed by atoms with van der Waals surface area (Å²) in [5.41, 5.74) is -1.78. The Morgan fingerprint density at radius 1 is 1.59 bits per heavy atom. The van der Waals surface area contributed by atoms with Crippen LogP contribution in [0.1, 0.15) is 11.8 Å². The molecule has 0 radical (unpaired) electrons. The Hall–Kier alpha value is -1.12. The molecule has 94 valence electrons. The lowest BCUT2D eigenvalue weighted by Gasteiger charge is -2.12. The summed E-state index contributed by atoms with van der Waals surface area (Å²) in [6.45, 7) is -0.219. The molecule has 1 aliphatic heterocycles. The van der Waals surface area contributed by atoms with Crippen molar-refractivity contribution in [1.29, 1.82) is 0 Å². The fraction of sp³-hybridized carbons (Fsp3) is 0.556. The van der Waals surface area contributed by atoms with Crippen molar-refractivity contribution in [2.75, 3.05) is 6.61 Å². The zero-order chi connectivity index (χ0) is 12.6. The van der Waals surface area contributed by atoms with Crippen LogP contribution in [0.3, 0.4) is 0 Å². The van der Waals surface area contributed by atoms with Crippen molar-refractivity contribution in [2.45, 2.75) is 23.1 Å². The van der Waals surface area contributed by atoms with Crippen LogP contribution < -0.4 is 11.2 Å². The third kappa shape index (κ3) is 2.28. The summed E-state index contributed by atoms with van der Waals surface area (Å²) in [6.07, 6.45) is 0.295. The number of halogens is 1. The summed E-state index contributed by atoms with van der Waals surface area (Å²) in [5, 5.41) is 17.7. The van der Waals surface area contributed by atoms with Gasteiger partial charge in [-0.1, -0.05) is 0 Å². The molecule has 0 aromatic carbocycles. The summed E-state index contributed by atoms with van der Waals surface area (Å²) in [7, 11) is 0. The minimum atomic E-state index is -1.06. The molecule has 0 spiro atoms. The fourth-order valence-electron chi connectivity index (χ4n) is 1.72. The second kappa shape index (κ2) is 4.63.